The molecule has 3 aromatic rings. The van der Waals surface area contributed by atoms with Gasteiger partial charge >= 0.3 is 0 Å². The highest BCUT2D eigenvalue weighted by Gasteiger charge is 2.08. The smallest absolute Gasteiger partial charge is 0.0894 e. The SMILES string of the molecule is CCn1nc(CNc2ccsc2)c2ccccc21. The van der Waals surface area contributed by atoms with E-state index < -0.39 is 0 Å². The average Bonchev–Trinajstić information content (AvgIpc) is 3.04. The van der Waals surface area contributed by atoms with Gasteiger partial charge in [-0.25, -0.2) is 0 Å². The molecule has 3 nitrogen and oxygen atoms in total. The molecule has 0 radical (unpaired) electrons. The maximum absolute atomic E-state index is 4.66. The summed E-state index contributed by atoms with van der Waals surface area (Å²) in [6.45, 7) is 3.79. The molecule has 0 atom stereocenters. The van der Waals surface area contributed by atoms with Crippen LogP contribution in [0.25, 0.3) is 10.9 Å². The molecule has 0 bridgehead atoms. The van der Waals surface area contributed by atoms with E-state index in [1.54, 1.807) is 11.3 Å². The number of benzene rings is 1. The molecule has 92 valence electrons. The van der Waals surface area contributed by atoms with E-state index in [9.17, 15) is 0 Å². The van der Waals surface area contributed by atoms with Crippen LogP contribution in [0, 0.1) is 0 Å². The number of hydrogen-bond donors (Lipinski definition) is 1. The topological polar surface area (TPSA) is 29.9 Å². The van der Waals surface area contributed by atoms with Crippen LogP contribution in [0.1, 0.15) is 12.6 Å². The van der Waals surface area contributed by atoms with Crippen molar-refractivity contribution < 1.29 is 0 Å². The second kappa shape index (κ2) is 4.82. The summed E-state index contributed by atoms with van der Waals surface area (Å²) in [5, 5.41) is 13.5. The number of fused-ring (bicyclic) bond motifs is 1. The van der Waals surface area contributed by atoms with Gasteiger partial charge in [0, 0.05) is 23.0 Å². The highest BCUT2D eigenvalue weighted by Crippen LogP contribution is 2.20. The summed E-state index contributed by atoms with van der Waals surface area (Å²) >= 11 is 1.70. The summed E-state index contributed by atoms with van der Waals surface area (Å²) in [6.07, 6.45) is 0. The van der Waals surface area contributed by atoms with E-state index in [4.69, 9.17) is 0 Å². The number of anilines is 1. The highest BCUT2D eigenvalue weighted by molar-refractivity contribution is 7.08. The number of thiophene rings is 1. The molecule has 0 aliphatic carbocycles. The lowest BCUT2D eigenvalue weighted by atomic mass is 10.2. The molecular weight excluding hydrogens is 242 g/mol. The van der Waals surface area contributed by atoms with Crippen molar-refractivity contribution in [1.82, 2.24) is 9.78 Å². The minimum Gasteiger partial charge on any atom is -0.379 e. The average molecular weight is 257 g/mol. The Bertz CT molecular complexity index is 640. The van der Waals surface area contributed by atoms with Crippen LogP contribution in [0.5, 0.6) is 0 Å². The standard InChI is InChI=1S/C14H15N3S/c1-2-17-14-6-4-3-5-12(14)13(16-17)9-15-11-7-8-18-10-11/h3-8,10,15H,2,9H2,1H3. The minimum atomic E-state index is 0.768. The van der Waals surface area contributed by atoms with Crippen LogP contribution in [0.3, 0.4) is 0 Å². The van der Waals surface area contributed by atoms with E-state index in [2.05, 4.69) is 63.1 Å². The molecule has 0 unspecified atom stereocenters. The first-order valence-electron chi connectivity index (χ1n) is 6.09. The molecule has 0 saturated carbocycles. The molecule has 2 heterocycles. The van der Waals surface area contributed by atoms with Crippen molar-refractivity contribution in [2.24, 2.45) is 0 Å². The number of hydrogen-bond acceptors (Lipinski definition) is 3. The summed E-state index contributed by atoms with van der Waals surface area (Å²) in [4.78, 5) is 0. The zero-order valence-electron chi connectivity index (χ0n) is 10.3. The first-order chi connectivity index (χ1) is 8.88. The second-order valence-electron chi connectivity index (χ2n) is 4.15. The van der Waals surface area contributed by atoms with Crippen LogP contribution in [0.4, 0.5) is 5.69 Å². The van der Waals surface area contributed by atoms with Gasteiger partial charge in [-0.15, -0.1) is 0 Å². The largest absolute Gasteiger partial charge is 0.379 e. The molecule has 4 heteroatoms. The number of aromatic nitrogens is 2. The van der Waals surface area contributed by atoms with E-state index in [0.29, 0.717) is 0 Å². The van der Waals surface area contributed by atoms with Crippen molar-refractivity contribution in [2.75, 3.05) is 5.32 Å². The molecule has 0 saturated heterocycles. The lowest BCUT2D eigenvalue weighted by Gasteiger charge is -2.00. The van der Waals surface area contributed by atoms with Crippen molar-refractivity contribution in [3.63, 3.8) is 0 Å². The van der Waals surface area contributed by atoms with Crippen LogP contribution < -0.4 is 5.32 Å². The third-order valence-corrected chi connectivity index (χ3v) is 3.70. The number of nitrogens with zero attached hydrogens (tertiary/aromatic N) is 2. The Morgan fingerprint density at radius 2 is 2.17 bits per heavy atom. The summed E-state index contributed by atoms with van der Waals surface area (Å²) in [7, 11) is 0. The Hall–Kier alpha value is -1.81. The fraction of sp³-hybridized carbons (Fsp3) is 0.214. The van der Waals surface area contributed by atoms with Gasteiger partial charge in [-0.2, -0.15) is 16.4 Å². The number of nitrogens with one attached hydrogen (secondary N) is 1. The predicted molar refractivity (Wildman–Crippen MR) is 77.1 cm³/mol. The van der Waals surface area contributed by atoms with Crippen molar-refractivity contribution in [2.45, 2.75) is 20.0 Å². The Kier molecular flexibility index (Phi) is 3.02. The molecule has 0 spiro atoms. The molecule has 3 rings (SSSR count). The second-order valence-corrected chi connectivity index (χ2v) is 4.93. The van der Waals surface area contributed by atoms with Gasteiger partial charge in [-0.3, -0.25) is 4.68 Å². The summed E-state index contributed by atoms with van der Waals surface area (Å²) in [5.74, 6) is 0. The van der Waals surface area contributed by atoms with Gasteiger partial charge in [-0.1, -0.05) is 18.2 Å². The van der Waals surface area contributed by atoms with E-state index in [-0.39, 0.29) is 0 Å². The van der Waals surface area contributed by atoms with Crippen LogP contribution in [-0.4, -0.2) is 9.78 Å². The van der Waals surface area contributed by atoms with Crippen molar-refractivity contribution in [1.29, 1.82) is 0 Å². The summed E-state index contributed by atoms with van der Waals surface area (Å²) in [6, 6.07) is 10.5. The lowest BCUT2D eigenvalue weighted by molar-refractivity contribution is 0.671. The first kappa shape index (κ1) is 11.3. The van der Waals surface area contributed by atoms with Gasteiger partial charge in [-0.05, 0) is 24.4 Å². The molecule has 0 aliphatic rings. The lowest BCUT2D eigenvalue weighted by Crippen LogP contribution is -2.01. The minimum absolute atomic E-state index is 0.768. The maximum Gasteiger partial charge on any atom is 0.0894 e. The van der Waals surface area contributed by atoms with Crippen LogP contribution >= 0.6 is 11.3 Å². The van der Waals surface area contributed by atoms with Gasteiger partial charge in [0.2, 0.25) is 0 Å². The van der Waals surface area contributed by atoms with Gasteiger partial charge in [0.25, 0.3) is 0 Å². The zero-order valence-corrected chi connectivity index (χ0v) is 11.1. The maximum atomic E-state index is 4.66. The number of para-hydroxylation sites is 1. The van der Waals surface area contributed by atoms with Crippen molar-refractivity contribution >= 4 is 27.9 Å². The Balaban J connectivity index is 1.91. The normalized spacial score (nSPS) is 10.9. The molecule has 0 aliphatic heterocycles. The van der Waals surface area contributed by atoms with Crippen LogP contribution in [-0.2, 0) is 13.1 Å². The van der Waals surface area contributed by atoms with Gasteiger partial charge in [0.15, 0.2) is 0 Å². The van der Waals surface area contributed by atoms with E-state index in [1.807, 2.05) is 0 Å². The van der Waals surface area contributed by atoms with Gasteiger partial charge < -0.3 is 5.32 Å². The summed E-state index contributed by atoms with van der Waals surface area (Å²) < 4.78 is 2.06. The molecule has 18 heavy (non-hydrogen) atoms. The monoisotopic (exact) mass is 257 g/mol. The quantitative estimate of drug-likeness (QED) is 0.771. The fourth-order valence-electron chi connectivity index (χ4n) is 2.12. The Morgan fingerprint density at radius 3 is 2.94 bits per heavy atom. The molecule has 1 N–H and O–H groups in total. The summed E-state index contributed by atoms with van der Waals surface area (Å²) in [5.41, 5.74) is 3.48. The third kappa shape index (κ3) is 1.99. The molecule has 1 aromatic carbocycles. The van der Waals surface area contributed by atoms with E-state index in [1.165, 1.54) is 10.9 Å². The Labute approximate surface area is 110 Å². The van der Waals surface area contributed by atoms with Crippen molar-refractivity contribution in [3.05, 3.63) is 46.8 Å². The molecule has 0 amide bonds. The van der Waals surface area contributed by atoms with Crippen molar-refractivity contribution in [3.8, 4) is 0 Å². The molecular formula is C14H15N3S. The van der Waals surface area contributed by atoms with E-state index >= 15 is 0 Å². The predicted octanol–water partition coefficient (Wildman–Crippen LogP) is 3.73. The first-order valence-corrected chi connectivity index (χ1v) is 7.03. The fourth-order valence-corrected chi connectivity index (χ4v) is 2.73. The van der Waals surface area contributed by atoms with Gasteiger partial charge in [0.05, 0.1) is 17.8 Å². The van der Waals surface area contributed by atoms with E-state index in [0.717, 1.165) is 24.5 Å². The third-order valence-electron chi connectivity index (χ3n) is 3.02. The zero-order chi connectivity index (χ0) is 12.4. The van der Waals surface area contributed by atoms with Crippen LogP contribution in [0.15, 0.2) is 41.1 Å². The highest BCUT2D eigenvalue weighted by atomic mass is 32.1. The van der Waals surface area contributed by atoms with Gasteiger partial charge in [0.1, 0.15) is 0 Å². The number of rotatable bonds is 4. The Morgan fingerprint density at radius 1 is 1.28 bits per heavy atom. The number of aryl methyl sites for hydroxylation is 1. The molecule has 2 aromatic heterocycles. The molecule has 0 fully saturated rings. The van der Waals surface area contributed by atoms with Crippen LogP contribution in [0.2, 0.25) is 0 Å².